The van der Waals surface area contributed by atoms with Gasteiger partial charge < -0.3 is 10.2 Å². The fourth-order valence-electron chi connectivity index (χ4n) is 3.17. The number of pyridine rings is 2. The lowest BCUT2D eigenvalue weighted by atomic mass is 10.1. The minimum absolute atomic E-state index is 0.0996. The van der Waals surface area contributed by atoms with Gasteiger partial charge in [0.15, 0.2) is 5.82 Å². The molecule has 0 unspecified atom stereocenters. The molecule has 0 radical (unpaired) electrons. The SMILES string of the molecule is O=C(N[C@H]1CCCN(c2ccccn2)C1)c1ccc(-n2cccn2)nc1. The van der Waals surface area contributed by atoms with E-state index in [1.807, 2.05) is 30.5 Å². The van der Waals surface area contributed by atoms with Gasteiger partial charge in [0.2, 0.25) is 0 Å². The van der Waals surface area contributed by atoms with Crippen molar-refractivity contribution >= 4 is 11.7 Å². The van der Waals surface area contributed by atoms with E-state index in [9.17, 15) is 4.79 Å². The number of hydrogen-bond donors (Lipinski definition) is 1. The van der Waals surface area contributed by atoms with Gasteiger partial charge in [0, 0.05) is 43.9 Å². The average molecular weight is 348 g/mol. The first kappa shape index (κ1) is 16.3. The summed E-state index contributed by atoms with van der Waals surface area (Å²) < 4.78 is 1.66. The standard InChI is InChI=1S/C19H20N6O/c26-19(15-7-8-18(21-13-15)25-12-4-10-22-25)23-16-5-3-11-24(14-16)17-6-1-2-9-20-17/h1-2,4,6-10,12-13,16H,3,5,11,14H2,(H,23,26)/t16-/m0/s1. The summed E-state index contributed by atoms with van der Waals surface area (Å²) in [4.78, 5) is 23.5. The second-order valence-electron chi connectivity index (χ2n) is 6.30. The summed E-state index contributed by atoms with van der Waals surface area (Å²) in [6, 6.07) is 11.4. The van der Waals surface area contributed by atoms with Crippen LogP contribution in [-0.2, 0) is 0 Å². The van der Waals surface area contributed by atoms with Crippen LogP contribution in [0, 0.1) is 0 Å². The van der Waals surface area contributed by atoms with Crippen molar-refractivity contribution in [2.24, 2.45) is 0 Å². The second kappa shape index (κ2) is 7.35. The largest absolute Gasteiger partial charge is 0.355 e. The predicted octanol–water partition coefficient (Wildman–Crippen LogP) is 2.06. The molecule has 0 bridgehead atoms. The molecule has 1 N–H and O–H groups in total. The van der Waals surface area contributed by atoms with Crippen molar-refractivity contribution in [2.75, 3.05) is 18.0 Å². The van der Waals surface area contributed by atoms with Gasteiger partial charge in [0.25, 0.3) is 5.91 Å². The topological polar surface area (TPSA) is 75.9 Å². The Balaban J connectivity index is 1.39. The molecule has 1 aliphatic heterocycles. The third kappa shape index (κ3) is 3.56. The number of nitrogens with one attached hydrogen (secondary N) is 1. The lowest BCUT2D eigenvalue weighted by Gasteiger charge is -2.33. The number of amides is 1. The number of rotatable bonds is 4. The fraction of sp³-hybridized carbons (Fsp3) is 0.263. The molecule has 1 fully saturated rings. The van der Waals surface area contributed by atoms with E-state index in [1.165, 1.54) is 0 Å². The Labute approximate surface area is 151 Å². The molecule has 3 aromatic heterocycles. The maximum absolute atomic E-state index is 12.5. The number of nitrogens with zero attached hydrogens (tertiary/aromatic N) is 5. The molecular formula is C19H20N6O. The molecule has 0 aromatic carbocycles. The van der Waals surface area contributed by atoms with Crippen LogP contribution in [0.3, 0.4) is 0 Å². The van der Waals surface area contributed by atoms with E-state index < -0.39 is 0 Å². The van der Waals surface area contributed by atoms with E-state index >= 15 is 0 Å². The summed E-state index contributed by atoms with van der Waals surface area (Å²) in [7, 11) is 0. The van der Waals surface area contributed by atoms with Crippen molar-refractivity contribution in [3.8, 4) is 5.82 Å². The molecule has 7 nitrogen and oxygen atoms in total. The maximum Gasteiger partial charge on any atom is 0.253 e. The van der Waals surface area contributed by atoms with E-state index in [0.717, 1.165) is 31.7 Å². The van der Waals surface area contributed by atoms with Crippen LogP contribution in [0.4, 0.5) is 5.82 Å². The first-order valence-electron chi connectivity index (χ1n) is 8.72. The Morgan fingerprint density at radius 3 is 2.77 bits per heavy atom. The van der Waals surface area contributed by atoms with Crippen molar-refractivity contribution in [1.82, 2.24) is 25.1 Å². The van der Waals surface area contributed by atoms with Crippen LogP contribution in [0.25, 0.3) is 5.82 Å². The van der Waals surface area contributed by atoms with Gasteiger partial charge >= 0.3 is 0 Å². The van der Waals surface area contributed by atoms with Crippen molar-refractivity contribution in [2.45, 2.75) is 18.9 Å². The van der Waals surface area contributed by atoms with Crippen LogP contribution < -0.4 is 10.2 Å². The Hall–Kier alpha value is -3.22. The monoisotopic (exact) mass is 348 g/mol. The van der Waals surface area contributed by atoms with Crippen molar-refractivity contribution in [1.29, 1.82) is 0 Å². The minimum atomic E-state index is -0.0996. The summed E-state index contributed by atoms with van der Waals surface area (Å²) >= 11 is 0. The van der Waals surface area contributed by atoms with E-state index in [0.29, 0.717) is 11.4 Å². The zero-order valence-electron chi connectivity index (χ0n) is 14.3. The summed E-state index contributed by atoms with van der Waals surface area (Å²) in [5.41, 5.74) is 0.552. The van der Waals surface area contributed by atoms with Crippen LogP contribution in [0.1, 0.15) is 23.2 Å². The Kier molecular flexibility index (Phi) is 4.59. The highest BCUT2D eigenvalue weighted by atomic mass is 16.1. The number of hydrogen-bond acceptors (Lipinski definition) is 5. The van der Waals surface area contributed by atoms with Crippen LogP contribution in [0.5, 0.6) is 0 Å². The van der Waals surface area contributed by atoms with Gasteiger partial charge in [-0.25, -0.2) is 14.6 Å². The Bertz CT molecular complexity index is 848. The van der Waals surface area contributed by atoms with Gasteiger partial charge in [-0.05, 0) is 43.2 Å². The molecule has 4 rings (SSSR count). The molecule has 1 atom stereocenters. The summed E-state index contributed by atoms with van der Waals surface area (Å²) in [6.07, 6.45) is 8.89. The molecule has 3 aromatic rings. The Morgan fingerprint density at radius 1 is 1.08 bits per heavy atom. The van der Waals surface area contributed by atoms with Crippen molar-refractivity contribution < 1.29 is 4.79 Å². The van der Waals surface area contributed by atoms with E-state index in [4.69, 9.17) is 0 Å². The Morgan fingerprint density at radius 2 is 2.04 bits per heavy atom. The lowest BCUT2D eigenvalue weighted by molar-refractivity contribution is 0.0932. The molecule has 4 heterocycles. The highest BCUT2D eigenvalue weighted by Crippen LogP contribution is 2.17. The summed E-state index contributed by atoms with van der Waals surface area (Å²) in [5.74, 6) is 1.54. The van der Waals surface area contributed by atoms with Gasteiger partial charge in [-0.15, -0.1) is 0 Å². The molecule has 1 saturated heterocycles. The van der Waals surface area contributed by atoms with E-state index in [1.54, 1.807) is 35.4 Å². The zero-order valence-corrected chi connectivity index (χ0v) is 14.3. The summed E-state index contributed by atoms with van der Waals surface area (Å²) in [6.45, 7) is 1.73. The van der Waals surface area contributed by atoms with E-state index in [2.05, 4.69) is 25.3 Å². The third-order valence-corrected chi connectivity index (χ3v) is 4.48. The highest BCUT2D eigenvalue weighted by Gasteiger charge is 2.22. The number of carbonyl (C=O) groups is 1. The molecule has 0 aliphatic carbocycles. The number of carbonyl (C=O) groups excluding carboxylic acids is 1. The molecule has 1 amide bonds. The first-order chi connectivity index (χ1) is 12.8. The quantitative estimate of drug-likeness (QED) is 0.781. The van der Waals surface area contributed by atoms with Crippen LogP contribution >= 0.6 is 0 Å². The van der Waals surface area contributed by atoms with Crippen LogP contribution in [-0.4, -0.2) is 44.8 Å². The fourth-order valence-corrected chi connectivity index (χ4v) is 3.17. The highest BCUT2D eigenvalue weighted by molar-refractivity contribution is 5.94. The first-order valence-corrected chi connectivity index (χ1v) is 8.72. The lowest BCUT2D eigenvalue weighted by Crippen LogP contribution is -2.48. The maximum atomic E-state index is 12.5. The molecule has 1 aliphatic rings. The smallest absolute Gasteiger partial charge is 0.253 e. The predicted molar refractivity (Wildman–Crippen MR) is 98.3 cm³/mol. The van der Waals surface area contributed by atoms with Crippen LogP contribution in [0.15, 0.2) is 61.2 Å². The molecular weight excluding hydrogens is 328 g/mol. The minimum Gasteiger partial charge on any atom is -0.355 e. The third-order valence-electron chi connectivity index (χ3n) is 4.48. The van der Waals surface area contributed by atoms with Crippen LogP contribution in [0.2, 0.25) is 0 Å². The van der Waals surface area contributed by atoms with Gasteiger partial charge in [-0.2, -0.15) is 5.10 Å². The van der Waals surface area contributed by atoms with Gasteiger partial charge in [-0.3, -0.25) is 4.79 Å². The molecule has 0 saturated carbocycles. The van der Waals surface area contributed by atoms with Crippen molar-refractivity contribution in [3.63, 3.8) is 0 Å². The second-order valence-corrected chi connectivity index (χ2v) is 6.30. The number of aromatic nitrogens is 4. The van der Waals surface area contributed by atoms with Gasteiger partial charge in [0.1, 0.15) is 5.82 Å². The normalized spacial score (nSPS) is 17.1. The number of anilines is 1. The molecule has 26 heavy (non-hydrogen) atoms. The van der Waals surface area contributed by atoms with E-state index in [-0.39, 0.29) is 11.9 Å². The average Bonchev–Trinajstić information content (AvgIpc) is 3.24. The van der Waals surface area contributed by atoms with Gasteiger partial charge in [0.05, 0.1) is 5.56 Å². The molecule has 7 heteroatoms. The molecule has 132 valence electrons. The molecule has 0 spiro atoms. The van der Waals surface area contributed by atoms with Gasteiger partial charge in [-0.1, -0.05) is 6.07 Å². The zero-order chi connectivity index (χ0) is 17.8. The van der Waals surface area contributed by atoms with Crippen molar-refractivity contribution in [3.05, 3.63) is 66.7 Å². The number of piperidine rings is 1. The summed E-state index contributed by atoms with van der Waals surface area (Å²) in [5, 5.41) is 7.25.